The summed E-state index contributed by atoms with van der Waals surface area (Å²) in [7, 11) is -2.82. The Morgan fingerprint density at radius 3 is 2.50 bits per heavy atom. The third-order valence-corrected chi connectivity index (χ3v) is 4.20. The summed E-state index contributed by atoms with van der Waals surface area (Å²) in [6, 6.07) is 9.17. The van der Waals surface area contributed by atoms with Crippen molar-refractivity contribution in [1.82, 2.24) is 0 Å². The fourth-order valence-electron chi connectivity index (χ4n) is 1.63. The molecule has 2 aliphatic rings. The molecule has 2 fully saturated rings. The molecular formula is C10H10O5P+. The predicted octanol–water partition coefficient (Wildman–Crippen LogP) is 2.03. The van der Waals surface area contributed by atoms with Crippen molar-refractivity contribution in [3.05, 3.63) is 35.9 Å². The molecular weight excluding hydrogens is 231 g/mol. The minimum absolute atomic E-state index is 0.405. The van der Waals surface area contributed by atoms with Gasteiger partial charge in [-0.15, -0.1) is 13.6 Å². The number of hydrogen-bond acceptors (Lipinski definition) is 5. The van der Waals surface area contributed by atoms with E-state index < -0.39 is 20.2 Å². The molecule has 0 saturated carbocycles. The van der Waals surface area contributed by atoms with E-state index in [1.807, 2.05) is 30.3 Å². The molecule has 0 N–H and O–H groups in total. The monoisotopic (exact) mass is 241 g/mol. The molecule has 1 aromatic carbocycles. The summed E-state index contributed by atoms with van der Waals surface area (Å²) in [4.78, 5) is 11.7. The average molecular weight is 241 g/mol. The maximum atomic E-state index is 11.7. The van der Waals surface area contributed by atoms with Gasteiger partial charge in [-0.3, -0.25) is 0 Å². The molecule has 5 nitrogen and oxygen atoms in total. The molecule has 0 aromatic heterocycles. The van der Waals surface area contributed by atoms with Gasteiger partial charge in [0.1, 0.15) is 13.2 Å². The lowest BCUT2D eigenvalue weighted by molar-refractivity contribution is -0.136. The Balaban J connectivity index is 1.86. The maximum absolute atomic E-state index is 11.7. The molecule has 2 heterocycles. The van der Waals surface area contributed by atoms with Crippen molar-refractivity contribution in [3.63, 3.8) is 0 Å². The van der Waals surface area contributed by atoms with Gasteiger partial charge in [-0.25, -0.2) is 9.32 Å². The summed E-state index contributed by atoms with van der Waals surface area (Å²) < 4.78 is 21.1. The van der Waals surface area contributed by atoms with Crippen LogP contribution in [0.25, 0.3) is 0 Å². The van der Waals surface area contributed by atoms with Crippen LogP contribution in [-0.4, -0.2) is 19.2 Å². The lowest BCUT2D eigenvalue weighted by Gasteiger charge is -2.04. The SMILES string of the molecule is O=C1O[P+]2(OCCO2)OC1c1ccccc1. The second-order valence-corrected chi connectivity index (χ2v) is 5.22. The molecule has 6 heteroatoms. The molecule has 2 aliphatic heterocycles. The van der Waals surface area contributed by atoms with Crippen LogP contribution >= 0.6 is 8.17 Å². The number of carbonyl (C=O) groups excluding carboxylic acids is 1. The van der Waals surface area contributed by atoms with Gasteiger partial charge in [0.15, 0.2) is 0 Å². The summed E-state index contributed by atoms with van der Waals surface area (Å²) in [6.45, 7) is 0.811. The van der Waals surface area contributed by atoms with E-state index in [9.17, 15) is 4.79 Å². The van der Waals surface area contributed by atoms with Crippen molar-refractivity contribution in [3.8, 4) is 0 Å². The summed E-state index contributed by atoms with van der Waals surface area (Å²) in [5.41, 5.74) is 0.753. The highest BCUT2D eigenvalue weighted by atomic mass is 31.2. The highest BCUT2D eigenvalue weighted by molar-refractivity contribution is 7.57. The van der Waals surface area contributed by atoms with Crippen LogP contribution in [0.4, 0.5) is 0 Å². The molecule has 0 aliphatic carbocycles. The van der Waals surface area contributed by atoms with Crippen molar-refractivity contribution in [1.29, 1.82) is 0 Å². The fourth-order valence-corrected chi connectivity index (χ4v) is 3.35. The van der Waals surface area contributed by atoms with Gasteiger partial charge in [-0.1, -0.05) is 30.3 Å². The van der Waals surface area contributed by atoms with E-state index in [2.05, 4.69) is 0 Å². The lowest BCUT2D eigenvalue weighted by atomic mass is 10.1. The molecule has 84 valence electrons. The Labute approximate surface area is 92.9 Å². The van der Waals surface area contributed by atoms with Crippen LogP contribution in [0.15, 0.2) is 30.3 Å². The third kappa shape index (κ3) is 1.62. The van der Waals surface area contributed by atoms with Gasteiger partial charge in [0.25, 0.3) is 0 Å². The summed E-state index contributed by atoms with van der Waals surface area (Å²) in [5.74, 6) is -0.443. The Morgan fingerprint density at radius 1 is 1.12 bits per heavy atom. The van der Waals surface area contributed by atoms with Crippen molar-refractivity contribution in [2.75, 3.05) is 13.2 Å². The van der Waals surface area contributed by atoms with Crippen LogP contribution < -0.4 is 0 Å². The summed E-state index contributed by atoms with van der Waals surface area (Å²) in [5, 5.41) is 0. The number of rotatable bonds is 1. The van der Waals surface area contributed by atoms with Gasteiger partial charge in [-0.05, 0) is 5.56 Å². The second-order valence-electron chi connectivity index (χ2n) is 3.42. The average Bonchev–Trinajstić information content (AvgIpc) is 2.88. The minimum Gasteiger partial charge on any atom is -0.243 e. The van der Waals surface area contributed by atoms with Gasteiger partial charge in [0, 0.05) is 0 Å². The molecule has 2 saturated heterocycles. The Bertz CT molecular complexity index is 401. The number of hydrogen-bond donors (Lipinski definition) is 0. The van der Waals surface area contributed by atoms with Gasteiger partial charge in [0.2, 0.25) is 6.10 Å². The zero-order valence-electron chi connectivity index (χ0n) is 8.37. The molecule has 3 rings (SSSR count). The van der Waals surface area contributed by atoms with Crippen LogP contribution in [0.2, 0.25) is 0 Å². The van der Waals surface area contributed by atoms with Crippen molar-refractivity contribution in [2.45, 2.75) is 6.10 Å². The van der Waals surface area contributed by atoms with E-state index in [1.54, 1.807) is 0 Å². The standard InChI is InChI=1S/C10H10O5P/c11-10-9(8-4-2-1-3-5-8)14-16(15-10)12-6-7-13-16/h1-5,9H,6-7H2/q+1. The minimum atomic E-state index is -2.82. The Hall–Kier alpha value is -1.00. The molecule has 1 spiro atoms. The van der Waals surface area contributed by atoms with Crippen molar-refractivity contribution >= 4 is 14.1 Å². The molecule has 1 aromatic rings. The quantitative estimate of drug-likeness (QED) is 0.704. The third-order valence-electron chi connectivity index (χ3n) is 2.33. The first kappa shape index (κ1) is 10.2. The van der Waals surface area contributed by atoms with Crippen LogP contribution in [0, 0.1) is 0 Å². The molecule has 1 atom stereocenters. The normalized spacial score (nSPS) is 27.2. The van der Waals surface area contributed by atoms with Crippen molar-refractivity contribution < 1.29 is 22.9 Å². The highest BCUT2D eigenvalue weighted by Gasteiger charge is 2.66. The van der Waals surface area contributed by atoms with E-state index in [1.165, 1.54) is 0 Å². The van der Waals surface area contributed by atoms with Crippen LogP contribution in [0.1, 0.15) is 11.7 Å². The van der Waals surface area contributed by atoms with Gasteiger partial charge < -0.3 is 0 Å². The van der Waals surface area contributed by atoms with Gasteiger partial charge >= 0.3 is 14.1 Å². The Kier molecular flexibility index (Phi) is 2.41. The summed E-state index contributed by atoms with van der Waals surface area (Å²) >= 11 is 0. The molecule has 1 unspecified atom stereocenters. The molecule has 0 radical (unpaired) electrons. The Morgan fingerprint density at radius 2 is 1.81 bits per heavy atom. The fraction of sp³-hybridized carbons (Fsp3) is 0.300. The van der Waals surface area contributed by atoms with E-state index in [4.69, 9.17) is 18.1 Å². The molecule has 0 amide bonds. The highest BCUT2D eigenvalue weighted by Crippen LogP contribution is 2.72. The van der Waals surface area contributed by atoms with Crippen molar-refractivity contribution in [2.24, 2.45) is 0 Å². The number of benzene rings is 1. The number of carbonyl (C=O) groups is 1. The van der Waals surface area contributed by atoms with Gasteiger partial charge in [-0.2, -0.15) is 0 Å². The van der Waals surface area contributed by atoms with E-state index in [-0.39, 0.29) is 0 Å². The van der Waals surface area contributed by atoms with Crippen LogP contribution in [0.5, 0.6) is 0 Å². The zero-order valence-corrected chi connectivity index (χ0v) is 9.26. The van der Waals surface area contributed by atoms with Crippen LogP contribution in [-0.2, 0) is 22.9 Å². The van der Waals surface area contributed by atoms with Gasteiger partial charge in [0.05, 0.1) is 0 Å². The van der Waals surface area contributed by atoms with E-state index in [0.717, 1.165) is 5.56 Å². The first-order valence-corrected chi connectivity index (χ1v) is 6.40. The molecule has 16 heavy (non-hydrogen) atoms. The van der Waals surface area contributed by atoms with E-state index >= 15 is 0 Å². The maximum Gasteiger partial charge on any atom is 0.626 e. The first-order valence-electron chi connectivity index (χ1n) is 4.94. The smallest absolute Gasteiger partial charge is 0.243 e. The topological polar surface area (TPSA) is 54.0 Å². The summed E-state index contributed by atoms with van der Waals surface area (Å²) in [6.07, 6.45) is -0.729. The molecule has 0 bridgehead atoms. The van der Waals surface area contributed by atoms with Crippen LogP contribution in [0.3, 0.4) is 0 Å². The largest absolute Gasteiger partial charge is 0.626 e. The second kappa shape index (κ2) is 3.79. The lowest BCUT2D eigenvalue weighted by Crippen LogP contribution is -2.06. The first-order chi connectivity index (χ1) is 7.79. The predicted molar refractivity (Wildman–Crippen MR) is 55.2 cm³/mol. The van der Waals surface area contributed by atoms with E-state index in [0.29, 0.717) is 13.2 Å². The zero-order chi connectivity index (χ0) is 11.0.